The van der Waals surface area contributed by atoms with Gasteiger partial charge in [0.15, 0.2) is 0 Å². The van der Waals surface area contributed by atoms with Crippen LogP contribution in [0.4, 0.5) is 0 Å². The quantitative estimate of drug-likeness (QED) is 0.470. The molecular weight excluding hydrogens is 452 g/mol. The molecule has 5 rings (SSSR count). The Hall–Kier alpha value is -3.61. The molecule has 7 nitrogen and oxygen atoms in total. The molecule has 0 radical (unpaired) electrons. The van der Waals surface area contributed by atoms with E-state index in [4.69, 9.17) is 0 Å². The zero-order valence-corrected chi connectivity index (χ0v) is 21.3. The third-order valence-electron chi connectivity index (χ3n) is 7.95. The molecule has 5 atom stereocenters. The van der Waals surface area contributed by atoms with Crippen molar-refractivity contribution in [1.82, 2.24) is 20.5 Å². The Morgan fingerprint density at radius 3 is 2.50 bits per heavy atom. The van der Waals surface area contributed by atoms with Gasteiger partial charge in [-0.1, -0.05) is 63.6 Å². The Balaban J connectivity index is 1.54. The van der Waals surface area contributed by atoms with E-state index in [0.717, 1.165) is 40.6 Å². The molecule has 0 spiro atoms. The van der Waals surface area contributed by atoms with Crippen LogP contribution in [0.1, 0.15) is 73.8 Å². The highest BCUT2D eigenvalue weighted by atomic mass is 16.2. The summed E-state index contributed by atoms with van der Waals surface area (Å²) in [6.45, 7) is 7.95. The number of rotatable bonds is 7. The Morgan fingerprint density at radius 1 is 1.03 bits per heavy atom. The van der Waals surface area contributed by atoms with Crippen LogP contribution >= 0.6 is 0 Å². The molecule has 0 saturated carbocycles. The fourth-order valence-electron chi connectivity index (χ4n) is 5.52. The maximum atomic E-state index is 13.9. The number of amides is 3. The summed E-state index contributed by atoms with van der Waals surface area (Å²) >= 11 is 0. The summed E-state index contributed by atoms with van der Waals surface area (Å²) in [4.78, 5) is 45.9. The minimum atomic E-state index is -0.718. The molecule has 2 aliphatic heterocycles. The molecule has 1 aromatic heterocycles. The largest absolute Gasteiger partial charge is 0.356 e. The molecule has 2 aliphatic rings. The van der Waals surface area contributed by atoms with Gasteiger partial charge >= 0.3 is 0 Å². The van der Waals surface area contributed by atoms with Gasteiger partial charge in [-0.3, -0.25) is 14.4 Å². The normalized spacial score (nSPS) is 20.8. The van der Waals surface area contributed by atoms with Gasteiger partial charge in [0.05, 0.1) is 6.04 Å². The van der Waals surface area contributed by atoms with E-state index < -0.39 is 12.1 Å². The third-order valence-corrected chi connectivity index (χ3v) is 7.95. The summed E-state index contributed by atoms with van der Waals surface area (Å²) in [5, 5.41) is 7.13. The van der Waals surface area contributed by atoms with Crippen LogP contribution in [0.2, 0.25) is 0 Å². The number of hydrogen-bond acceptors (Lipinski definition) is 3. The Kier molecular flexibility index (Phi) is 6.33. The van der Waals surface area contributed by atoms with Crippen LogP contribution < -0.4 is 10.6 Å². The highest BCUT2D eigenvalue weighted by Gasteiger charge is 2.49. The predicted octanol–water partition coefficient (Wildman–Crippen LogP) is 4.08. The first-order valence-electron chi connectivity index (χ1n) is 13.0. The van der Waals surface area contributed by atoms with Gasteiger partial charge in [-0.25, -0.2) is 0 Å². The van der Waals surface area contributed by atoms with Gasteiger partial charge < -0.3 is 20.5 Å². The van der Waals surface area contributed by atoms with Crippen LogP contribution in [0.3, 0.4) is 0 Å². The van der Waals surface area contributed by atoms with Gasteiger partial charge in [-0.15, -0.1) is 0 Å². The molecule has 36 heavy (non-hydrogen) atoms. The number of H-pyrrole nitrogens is 1. The summed E-state index contributed by atoms with van der Waals surface area (Å²) in [5.74, 6) is -0.665. The summed E-state index contributed by atoms with van der Waals surface area (Å²) < 4.78 is 0. The van der Waals surface area contributed by atoms with E-state index in [2.05, 4.69) is 21.7 Å². The first-order valence-corrected chi connectivity index (χ1v) is 13.0. The molecule has 0 unspecified atom stereocenters. The van der Waals surface area contributed by atoms with Gasteiger partial charge in [-0.2, -0.15) is 0 Å². The zero-order valence-electron chi connectivity index (χ0n) is 21.3. The van der Waals surface area contributed by atoms with Crippen molar-refractivity contribution in [3.05, 3.63) is 70.9 Å². The molecule has 0 bridgehead atoms. The molecule has 2 aromatic carbocycles. The highest BCUT2D eigenvalue weighted by Crippen LogP contribution is 2.46. The second-order valence-corrected chi connectivity index (χ2v) is 10.2. The molecule has 3 aromatic rings. The minimum Gasteiger partial charge on any atom is -0.356 e. The van der Waals surface area contributed by atoms with Crippen molar-refractivity contribution in [3.63, 3.8) is 0 Å². The Bertz CT molecular complexity index is 1330. The second kappa shape index (κ2) is 9.45. The molecule has 7 heteroatoms. The molecule has 0 saturated heterocycles. The highest BCUT2D eigenvalue weighted by molar-refractivity contribution is 6.04. The van der Waals surface area contributed by atoms with E-state index in [1.165, 1.54) is 0 Å². The van der Waals surface area contributed by atoms with E-state index in [1.807, 2.05) is 70.2 Å². The molecular formula is C29H34N4O3. The van der Waals surface area contributed by atoms with Crippen LogP contribution in [-0.4, -0.2) is 45.7 Å². The van der Waals surface area contributed by atoms with Crippen LogP contribution in [0.5, 0.6) is 0 Å². The van der Waals surface area contributed by atoms with Gasteiger partial charge in [0, 0.05) is 34.6 Å². The number of carbonyl (C=O) groups excluding carboxylic acids is 3. The lowest BCUT2D eigenvalue weighted by Crippen LogP contribution is -2.58. The van der Waals surface area contributed by atoms with Crippen molar-refractivity contribution in [3.8, 4) is 0 Å². The topological polar surface area (TPSA) is 94.3 Å². The number of nitrogens with one attached hydrogen (secondary N) is 3. The van der Waals surface area contributed by atoms with Crippen molar-refractivity contribution in [2.45, 2.75) is 71.1 Å². The Labute approximate surface area is 211 Å². The molecule has 0 aliphatic carbocycles. The first kappa shape index (κ1) is 24.1. The fraction of sp³-hybridized carbons (Fsp3) is 0.414. The van der Waals surface area contributed by atoms with Crippen LogP contribution in [0.15, 0.2) is 48.5 Å². The summed E-state index contributed by atoms with van der Waals surface area (Å²) in [6.07, 6.45) is 1.94. The van der Waals surface area contributed by atoms with Crippen molar-refractivity contribution >= 4 is 28.6 Å². The number of aromatic nitrogens is 1. The van der Waals surface area contributed by atoms with E-state index in [1.54, 1.807) is 4.90 Å². The lowest BCUT2D eigenvalue weighted by atomic mass is 9.89. The first-order chi connectivity index (χ1) is 17.3. The van der Waals surface area contributed by atoms with Crippen LogP contribution in [0, 0.1) is 5.92 Å². The van der Waals surface area contributed by atoms with Crippen LogP contribution in [-0.2, 0) is 16.0 Å². The third kappa shape index (κ3) is 3.87. The fourth-order valence-corrected chi connectivity index (χ4v) is 5.52. The number of nitrogens with zero attached hydrogens (tertiary/aromatic N) is 1. The standard InChI is InChI=1S/C29H34N4O3/c1-5-16(3)24(28(35)30-17(4)6-2)32-27(34)23-15-21-18-11-9-10-14-22(18)31-25(21)26-19-12-7-8-13-20(19)29(36)33(23)26/h7-14,16-17,23-24,26,31H,5-6,15H2,1-4H3,(H,30,35)(H,32,34)/t16-,17+,23+,24+,26-/m1/s1. The molecule has 0 fully saturated rings. The Morgan fingerprint density at radius 2 is 1.75 bits per heavy atom. The van der Waals surface area contributed by atoms with Crippen molar-refractivity contribution in [2.75, 3.05) is 0 Å². The van der Waals surface area contributed by atoms with Crippen molar-refractivity contribution in [2.24, 2.45) is 5.92 Å². The van der Waals surface area contributed by atoms with Gasteiger partial charge in [0.1, 0.15) is 12.1 Å². The number of para-hydroxylation sites is 1. The van der Waals surface area contributed by atoms with E-state index in [-0.39, 0.29) is 35.7 Å². The molecule has 188 valence electrons. The van der Waals surface area contributed by atoms with Gasteiger partial charge in [-0.05, 0) is 42.5 Å². The SMILES string of the molecule is CC[C@@H](C)[C@H](NC(=O)[C@@H]1Cc2c([nH]c3ccccc23)[C@H]2c3ccccc3C(=O)N21)C(=O)N[C@@H](C)CC. The van der Waals surface area contributed by atoms with Crippen molar-refractivity contribution < 1.29 is 14.4 Å². The number of fused-ring (bicyclic) bond motifs is 7. The molecule has 3 N–H and O–H groups in total. The lowest BCUT2D eigenvalue weighted by molar-refractivity contribution is -0.133. The summed E-state index contributed by atoms with van der Waals surface area (Å²) in [6, 6.07) is 13.9. The smallest absolute Gasteiger partial charge is 0.255 e. The molecule has 3 amide bonds. The average Bonchev–Trinajstić information content (AvgIpc) is 3.41. The van der Waals surface area contributed by atoms with Gasteiger partial charge in [0.2, 0.25) is 11.8 Å². The predicted molar refractivity (Wildman–Crippen MR) is 140 cm³/mol. The van der Waals surface area contributed by atoms with Crippen LogP contribution in [0.25, 0.3) is 10.9 Å². The van der Waals surface area contributed by atoms with E-state index in [0.29, 0.717) is 12.0 Å². The van der Waals surface area contributed by atoms with E-state index >= 15 is 0 Å². The van der Waals surface area contributed by atoms with Crippen molar-refractivity contribution in [1.29, 1.82) is 0 Å². The lowest BCUT2D eigenvalue weighted by Gasteiger charge is -2.38. The van der Waals surface area contributed by atoms with E-state index in [9.17, 15) is 14.4 Å². The summed E-state index contributed by atoms with van der Waals surface area (Å²) in [7, 11) is 0. The molecule has 3 heterocycles. The maximum Gasteiger partial charge on any atom is 0.255 e. The summed E-state index contributed by atoms with van der Waals surface area (Å²) in [5.41, 5.74) is 4.54. The zero-order chi connectivity index (χ0) is 25.6. The average molecular weight is 487 g/mol. The van der Waals surface area contributed by atoms with Gasteiger partial charge in [0.25, 0.3) is 5.91 Å². The number of aromatic amines is 1. The number of carbonyl (C=O) groups is 3. The maximum absolute atomic E-state index is 13.9. The number of hydrogen-bond donors (Lipinski definition) is 3. The monoisotopic (exact) mass is 486 g/mol. The minimum absolute atomic E-state index is 0.0171. The second-order valence-electron chi connectivity index (χ2n) is 10.2. The number of benzene rings is 2.